The third-order valence-corrected chi connectivity index (χ3v) is 1.75. The number of ether oxygens (including phenoxy) is 1. The molecule has 0 radical (unpaired) electrons. The van der Waals surface area contributed by atoms with Gasteiger partial charge in [-0.1, -0.05) is 0 Å². The van der Waals surface area contributed by atoms with Crippen molar-refractivity contribution in [3.8, 4) is 5.88 Å². The third-order valence-electron chi connectivity index (χ3n) is 1.75. The molecule has 14 heavy (non-hydrogen) atoms. The van der Waals surface area contributed by atoms with Crippen LogP contribution in [0.1, 0.15) is 11.3 Å². The van der Waals surface area contributed by atoms with E-state index in [0.717, 1.165) is 0 Å². The highest BCUT2D eigenvalue weighted by Gasteiger charge is 2.11. The quantitative estimate of drug-likeness (QED) is 0.693. The second-order valence-electron chi connectivity index (χ2n) is 2.68. The van der Waals surface area contributed by atoms with Crippen molar-refractivity contribution >= 4 is 12.1 Å². The zero-order chi connectivity index (χ0) is 10.7. The minimum atomic E-state index is -1.38. The summed E-state index contributed by atoms with van der Waals surface area (Å²) in [5.41, 5.74) is 1.30. The van der Waals surface area contributed by atoms with Crippen LogP contribution in [0.15, 0.2) is 0 Å². The summed E-state index contributed by atoms with van der Waals surface area (Å²) in [6, 6.07) is 0. The molecule has 0 saturated heterocycles. The fourth-order valence-electron chi connectivity index (χ4n) is 0.896. The molecule has 0 spiro atoms. The van der Waals surface area contributed by atoms with Crippen molar-refractivity contribution in [2.75, 3.05) is 12.4 Å². The van der Waals surface area contributed by atoms with Crippen molar-refractivity contribution in [3.05, 3.63) is 11.3 Å². The van der Waals surface area contributed by atoms with Crippen molar-refractivity contribution in [3.63, 3.8) is 0 Å². The Morgan fingerprint density at radius 3 is 2.57 bits per heavy atom. The average Bonchev–Trinajstić information content (AvgIpc) is 2.11. The van der Waals surface area contributed by atoms with Crippen molar-refractivity contribution in [2.45, 2.75) is 13.8 Å². The first-order valence-electron chi connectivity index (χ1n) is 3.98. The summed E-state index contributed by atoms with van der Waals surface area (Å²) in [4.78, 5) is 18.3. The average molecular weight is 197 g/mol. The summed E-state index contributed by atoms with van der Waals surface area (Å²) < 4.78 is 4.49. The van der Waals surface area contributed by atoms with Crippen LogP contribution in [0, 0.1) is 13.8 Å². The van der Waals surface area contributed by atoms with Crippen molar-refractivity contribution in [1.82, 2.24) is 9.97 Å². The van der Waals surface area contributed by atoms with Crippen LogP contribution in [-0.4, -0.2) is 28.3 Å². The number of carboxylic acid groups (broad SMARTS) is 1. The first-order chi connectivity index (χ1) is 6.54. The van der Waals surface area contributed by atoms with Crippen molar-refractivity contribution in [2.24, 2.45) is 0 Å². The molecule has 0 bridgehead atoms. The van der Waals surface area contributed by atoms with Gasteiger partial charge in [0.2, 0.25) is 11.8 Å². The smallest absolute Gasteiger partial charge is 0.449 e. The molecule has 0 amide bonds. The normalized spacial score (nSPS) is 9.64. The van der Waals surface area contributed by atoms with E-state index in [4.69, 9.17) is 5.11 Å². The molecule has 0 aliphatic carbocycles. The fourth-order valence-corrected chi connectivity index (χ4v) is 0.896. The van der Waals surface area contributed by atoms with Crippen molar-refractivity contribution in [1.29, 1.82) is 0 Å². The number of nitrogens with zero attached hydrogens (tertiary/aromatic N) is 2. The number of aromatic nitrogens is 2. The highest BCUT2D eigenvalue weighted by molar-refractivity contribution is 5.61. The number of nitrogens with one attached hydrogen (secondary N) is 1. The van der Waals surface area contributed by atoms with Gasteiger partial charge in [0.05, 0.1) is 0 Å². The van der Waals surface area contributed by atoms with E-state index in [0.29, 0.717) is 17.2 Å². The first-order valence-corrected chi connectivity index (χ1v) is 3.98. The third kappa shape index (κ3) is 2.09. The summed E-state index contributed by atoms with van der Waals surface area (Å²) >= 11 is 0. The lowest BCUT2D eigenvalue weighted by atomic mass is 10.3. The topological polar surface area (TPSA) is 84.3 Å². The lowest BCUT2D eigenvalue weighted by Gasteiger charge is -2.07. The highest BCUT2D eigenvalue weighted by Crippen LogP contribution is 2.18. The van der Waals surface area contributed by atoms with E-state index in [1.54, 1.807) is 20.9 Å². The lowest BCUT2D eigenvalue weighted by molar-refractivity contribution is 0.142. The molecule has 1 aromatic heterocycles. The number of hydrogen-bond acceptors (Lipinski definition) is 5. The summed E-state index contributed by atoms with van der Waals surface area (Å²) in [6.45, 7) is 3.46. The van der Waals surface area contributed by atoms with Gasteiger partial charge in [-0.05, 0) is 13.8 Å². The van der Waals surface area contributed by atoms with Crippen LogP contribution in [0.2, 0.25) is 0 Å². The molecule has 0 aromatic carbocycles. The zero-order valence-corrected chi connectivity index (χ0v) is 8.16. The van der Waals surface area contributed by atoms with Gasteiger partial charge in [0.25, 0.3) is 0 Å². The van der Waals surface area contributed by atoms with Gasteiger partial charge in [-0.15, -0.1) is 0 Å². The molecule has 1 aromatic rings. The molecule has 6 nitrogen and oxygen atoms in total. The first kappa shape index (κ1) is 10.2. The Bertz CT molecular complexity index is 365. The molecule has 1 heterocycles. The minimum absolute atomic E-state index is 0.0642. The van der Waals surface area contributed by atoms with Gasteiger partial charge < -0.3 is 15.2 Å². The van der Waals surface area contributed by atoms with Gasteiger partial charge in [0.15, 0.2) is 0 Å². The zero-order valence-electron chi connectivity index (χ0n) is 8.16. The summed E-state index contributed by atoms with van der Waals surface area (Å²) in [5.74, 6) is 0.402. The Morgan fingerprint density at radius 1 is 1.43 bits per heavy atom. The SMILES string of the molecule is CNc1nc(C)c(C)c(OC(=O)O)n1. The van der Waals surface area contributed by atoms with Crippen LogP contribution >= 0.6 is 0 Å². The van der Waals surface area contributed by atoms with Crippen molar-refractivity contribution < 1.29 is 14.6 Å². The molecular weight excluding hydrogens is 186 g/mol. The Morgan fingerprint density at radius 2 is 2.07 bits per heavy atom. The van der Waals surface area contributed by atoms with E-state index in [1.807, 2.05) is 0 Å². The Labute approximate surface area is 80.9 Å². The monoisotopic (exact) mass is 197 g/mol. The standard InChI is InChI=1S/C8H11N3O3/c1-4-5(2)10-7(9-3)11-6(4)14-8(12)13/h1-3H3,(H,12,13)(H,9,10,11). The lowest BCUT2D eigenvalue weighted by Crippen LogP contribution is -2.09. The fraction of sp³-hybridized carbons (Fsp3) is 0.375. The number of rotatable bonds is 2. The number of aryl methyl sites for hydroxylation is 1. The molecule has 1 rings (SSSR count). The van der Waals surface area contributed by atoms with Crippen LogP contribution < -0.4 is 10.1 Å². The van der Waals surface area contributed by atoms with Gasteiger partial charge in [-0.25, -0.2) is 9.78 Å². The van der Waals surface area contributed by atoms with Crippen LogP contribution in [0.4, 0.5) is 10.7 Å². The van der Waals surface area contributed by atoms with Gasteiger partial charge in [0.1, 0.15) is 0 Å². The predicted molar refractivity (Wildman–Crippen MR) is 49.7 cm³/mol. The van der Waals surface area contributed by atoms with Gasteiger partial charge in [-0.3, -0.25) is 0 Å². The molecular formula is C8H11N3O3. The van der Waals surface area contributed by atoms with E-state index in [1.165, 1.54) is 0 Å². The Kier molecular flexibility index (Phi) is 2.85. The number of carbonyl (C=O) groups is 1. The minimum Gasteiger partial charge on any atom is -0.449 e. The van der Waals surface area contributed by atoms with Crippen LogP contribution in [0.3, 0.4) is 0 Å². The molecule has 0 saturated carbocycles. The Hall–Kier alpha value is -1.85. The number of hydrogen-bond donors (Lipinski definition) is 2. The van der Waals surface area contributed by atoms with Crippen LogP contribution in [0.25, 0.3) is 0 Å². The molecule has 0 unspecified atom stereocenters. The summed E-state index contributed by atoms with van der Waals surface area (Å²) in [5, 5.41) is 11.2. The highest BCUT2D eigenvalue weighted by atomic mass is 16.7. The second kappa shape index (κ2) is 3.91. The molecule has 0 aliphatic rings. The summed E-state index contributed by atoms with van der Waals surface area (Å²) in [6.07, 6.45) is -1.38. The van der Waals surface area contributed by atoms with Gasteiger partial charge >= 0.3 is 6.16 Å². The van der Waals surface area contributed by atoms with E-state index in [2.05, 4.69) is 20.0 Å². The second-order valence-corrected chi connectivity index (χ2v) is 2.68. The van der Waals surface area contributed by atoms with E-state index < -0.39 is 6.16 Å². The van der Waals surface area contributed by atoms with E-state index in [9.17, 15) is 4.79 Å². The van der Waals surface area contributed by atoms with Crippen LogP contribution in [-0.2, 0) is 0 Å². The number of anilines is 1. The van der Waals surface area contributed by atoms with Crippen LogP contribution in [0.5, 0.6) is 5.88 Å². The maximum atomic E-state index is 10.3. The van der Waals surface area contributed by atoms with E-state index in [-0.39, 0.29) is 5.88 Å². The maximum Gasteiger partial charge on any atom is 0.512 e. The van der Waals surface area contributed by atoms with Gasteiger partial charge in [-0.2, -0.15) is 4.98 Å². The molecule has 0 fully saturated rings. The Balaban J connectivity index is 3.13. The van der Waals surface area contributed by atoms with Gasteiger partial charge in [0, 0.05) is 18.3 Å². The summed E-state index contributed by atoms with van der Waals surface area (Å²) in [7, 11) is 1.65. The molecule has 76 valence electrons. The molecule has 0 atom stereocenters. The molecule has 6 heteroatoms. The molecule has 0 aliphatic heterocycles. The van der Waals surface area contributed by atoms with E-state index >= 15 is 0 Å². The maximum absolute atomic E-state index is 10.3. The largest absolute Gasteiger partial charge is 0.512 e. The predicted octanol–water partition coefficient (Wildman–Crippen LogP) is 1.19. The molecule has 2 N–H and O–H groups in total.